The SMILES string of the molecule is C=CC(=O)OC1(C)CCOC1=O. The first-order chi connectivity index (χ1) is 5.58. The van der Waals surface area contributed by atoms with Crippen LogP contribution in [-0.2, 0) is 19.1 Å². The first-order valence-corrected chi connectivity index (χ1v) is 3.61. The van der Waals surface area contributed by atoms with Crippen LogP contribution in [0.1, 0.15) is 13.3 Å². The third-order valence-corrected chi connectivity index (χ3v) is 1.74. The van der Waals surface area contributed by atoms with Crippen LogP contribution >= 0.6 is 0 Å². The highest BCUT2D eigenvalue weighted by Gasteiger charge is 2.43. The van der Waals surface area contributed by atoms with Crippen molar-refractivity contribution >= 4 is 11.9 Å². The molecule has 1 saturated heterocycles. The molecule has 1 heterocycles. The largest absolute Gasteiger partial charge is 0.463 e. The Hall–Kier alpha value is -1.32. The van der Waals surface area contributed by atoms with Gasteiger partial charge in [-0.15, -0.1) is 0 Å². The maximum Gasteiger partial charge on any atom is 0.350 e. The van der Waals surface area contributed by atoms with Gasteiger partial charge < -0.3 is 9.47 Å². The van der Waals surface area contributed by atoms with E-state index in [1.807, 2.05) is 0 Å². The number of carbonyl (C=O) groups is 2. The van der Waals surface area contributed by atoms with Gasteiger partial charge in [-0.2, -0.15) is 0 Å². The van der Waals surface area contributed by atoms with Gasteiger partial charge in [0.25, 0.3) is 0 Å². The van der Waals surface area contributed by atoms with Crippen LogP contribution < -0.4 is 0 Å². The van der Waals surface area contributed by atoms with Crippen molar-refractivity contribution in [2.24, 2.45) is 0 Å². The first kappa shape index (κ1) is 8.77. The van der Waals surface area contributed by atoms with Crippen LogP contribution in [0.25, 0.3) is 0 Å². The summed E-state index contributed by atoms with van der Waals surface area (Å²) in [7, 11) is 0. The summed E-state index contributed by atoms with van der Waals surface area (Å²) in [5, 5.41) is 0. The number of esters is 2. The van der Waals surface area contributed by atoms with E-state index in [4.69, 9.17) is 4.74 Å². The molecule has 0 bridgehead atoms. The van der Waals surface area contributed by atoms with E-state index in [2.05, 4.69) is 11.3 Å². The van der Waals surface area contributed by atoms with Crippen LogP contribution in [0.4, 0.5) is 0 Å². The summed E-state index contributed by atoms with van der Waals surface area (Å²) < 4.78 is 9.49. The van der Waals surface area contributed by atoms with Crippen LogP contribution in [0, 0.1) is 0 Å². The Morgan fingerprint density at radius 1 is 1.83 bits per heavy atom. The second kappa shape index (κ2) is 2.97. The van der Waals surface area contributed by atoms with E-state index in [1.54, 1.807) is 0 Å². The molecule has 4 heteroatoms. The Kier molecular flexibility index (Phi) is 2.17. The second-order valence-corrected chi connectivity index (χ2v) is 2.74. The molecule has 1 aliphatic heterocycles. The van der Waals surface area contributed by atoms with Crippen LogP contribution in [0.2, 0.25) is 0 Å². The van der Waals surface area contributed by atoms with Gasteiger partial charge in [0.05, 0.1) is 6.61 Å². The molecule has 0 spiro atoms. The fourth-order valence-corrected chi connectivity index (χ4v) is 0.950. The molecule has 0 saturated carbocycles. The first-order valence-electron chi connectivity index (χ1n) is 3.61. The van der Waals surface area contributed by atoms with Crippen molar-refractivity contribution in [3.8, 4) is 0 Å². The summed E-state index contributed by atoms with van der Waals surface area (Å²) in [4.78, 5) is 21.8. The highest BCUT2D eigenvalue weighted by Crippen LogP contribution is 2.23. The summed E-state index contributed by atoms with van der Waals surface area (Å²) in [6.45, 7) is 5.07. The standard InChI is InChI=1S/C8H10O4/c1-3-6(9)12-8(2)4-5-11-7(8)10/h3H,1,4-5H2,2H3. The zero-order chi connectivity index (χ0) is 9.19. The summed E-state index contributed by atoms with van der Waals surface area (Å²) in [6.07, 6.45) is 1.43. The Morgan fingerprint density at radius 3 is 2.92 bits per heavy atom. The number of carbonyl (C=O) groups excluding carboxylic acids is 2. The van der Waals surface area contributed by atoms with Crippen LogP contribution in [0.5, 0.6) is 0 Å². The summed E-state index contributed by atoms with van der Waals surface area (Å²) in [5.74, 6) is -1.09. The van der Waals surface area contributed by atoms with Crippen LogP contribution in [-0.4, -0.2) is 24.1 Å². The molecule has 1 unspecified atom stereocenters. The van der Waals surface area contributed by atoms with Gasteiger partial charge in [0.1, 0.15) is 0 Å². The van der Waals surface area contributed by atoms with Gasteiger partial charge in [-0.1, -0.05) is 6.58 Å². The van der Waals surface area contributed by atoms with E-state index < -0.39 is 17.5 Å². The van der Waals surface area contributed by atoms with E-state index in [0.29, 0.717) is 13.0 Å². The lowest BCUT2D eigenvalue weighted by molar-refractivity contribution is -0.167. The number of hydrogen-bond acceptors (Lipinski definition) is 4. The second-order valence-electron chi connectivity index (χ2n) is 2.74. The minimum absolute atomic E-state index is 0.305. The van der Waals surface area contributed by atoms with Crippen molar-refractivity contribution in [2.75, 3.05) is 6.61 Å². The number of cyclic esters (lactones) is 1. The monoisotopic (exact) mass is 170 g/mol. The highest BCUT2D eigenvalue weighted by molar-refractivity contribution is 5.88. The molecule has 0 amide bonds. The van der Waals surface area contributed by atoms with Crippen molar-refractivity contribution < 1.29 is 19.1 Å². The van der Waals surface area contributed by atoms with Crippen molar-refractivity contribution in [2.45, 2.75) is 18.9 Å². The fraction of sp³-hybridized carbons (Fsp3) is 0.500. The lowest BCUT2D eigenvalue weighted by Gasteiger charge is -2.17. The predicted molar refractivity (Wildman–Crippen MR) is 40.3 cm³/mol. The van der Waals surface area contributed by atoms with E-state index in [0.717, 1.165) is 6.08 Å². The minimum atomic E-state index is -1.11. The Morgan fingerprint density at radius 2 is 2.50 bits per heavy atom. The lowest BCUT2D eigenvalue weighted by Crippen LogP contribution is -2.35. The van der Waals surface area contributed by atoms with Crippen molar-refractivity contribution in [1.82, 2.24) is 0 Å². The van der Waals surface area contributed by atoms with Gasteiger partial charge in [-0.05, 0) is 6.92 Å². The topological polar surface area (TPSA) is 52.6 Å². The van der Waals surface area contributed by atoms with Gasteiger partial charge in [0.2, 0.25) is 5.60 Å². The molecule has 0 aliphatic carbocycles. The van der Waals surface area contributed by atoms with Crippen LogP contribution in [0.15, 0.2) is 12.7 Å². The van der Waals surface area contributed by atoms with Gasteiger partial charge in [0, 0.05) is 12.5 Å². The number of hydrogen-bond donors (Lipinski definition) is 0. The minimum Gasteiger partial charge on any atom is -0.463 e. The molecule has 66 valence electrons. The van der Waals surface area contributed by atoms with Crippen LogP contribution in [0.3, 0.4) is 0 Å². The van der Waals surface area contributed by atoms with E-state index >= 15 is 0 Å². The summed E-state index contributed by atoms with van der Waals surface area (Å²) in [5.41, 5.74) is -1.11. The van der Waals surface area contributed by atoms with Crippen molar-refractivity contribution in [3.05, 3.63) is 12.7 Å². The van der Waals surface area contributed by atoms with E-state index in [-0.39, 0.29) is 0 Å². The average molecular weight is 170 g/mol. The molecule has 12 heavy (non-hydrogen) atoms. The van der Waals surface area contributed by atoms with E-state index in [9.17, 15) is 9.59 Å². The quantitative estimate of drug-likeness (QED) is 0.445. The molecule has 0 aromatic rings. The van der Waals surface area contributed by atoms with Gasteiger partial charge in [-0.3, -0.25) is 0 Å². The third-order valence-electron chi connectivity index (χ3n) is 1.74. The van der Waals surface area contributed by atoms with Gasteiger partial charge >= 0.3 is 11.9 Å². The molecular weight excluding hydrogens is 160 g/mol. The normalized spacial score (nSPS) is 27.9. The molecule has 1 rings (SSSR count). The molecule has 1 aliphatic rings. The highest BCUT2D eigenvalue weighted by atomic mass is 16.6. The Bertz CT molecular complexity index is 233. The zero-order valence-electron chi connectivity index (χ0n) is 6.83. The molecule has 0 radical (unpaired) electrons. The Labute approximate surface area is 70.1 Å². The molecular formula is C8H10O4. The Balaban J connectivity index is 2.65. The smallest absolute Gasteiger partial charge is 0.350 e. The van der Waals surface area contributed by atoms with Gasteiger partial charge in [0.15, 0.2) is 0 Å². The average Bonchev–Trinajstić information content (AvgIpc) is 2.32. The molecule has 0 N–H and O–H groups in total. The maximum atomic E-state index is 11.0. The van der Waals surface area contributed by atoms with Gasteiger partial charge in [-0.25, -0.2) is 9.59 Å². The fourth-order valence-electron chi connectivity index (χ4n) is 0.950. The third kappa shape index (κ3) is 1.47. The molecule has 1 fully saturated rings. The maximum absolute atomic E-state index is 11.0. The van der Waals surface area contributed by atoms with E-state index in [1.165, 1.54) is 6.92 Å². The predicted octanol–water partition coefficient (Wildman–Crippen LogP) is 0.421. The van der Waals surface area contributed by atoms with Crippen molar-refractivity contribution in [1.29, 1.82) is 0 Å². The number of ether oxygens (including phenoxy) is 2. The summed E-state index contributed by atoms with van der Waals surface area (Å²) >= 11 is 0. The molecule has 1 atom stereocenters. The molecule has 0 aromatic carbocycles. The lowest BCUT2D eigenvalue weighted by atomic mass is 10.1. The summed E-state index contributed by atoms with van der Waals surface area (Å²) in [6, 6.07) is 0. The zero-order valence-corrected chi connectivity index (χ0v) is 6.83. The molecule has 0 aromatic heterocycles. The van der Waals surface area contributed by atoms with Crippen molar-refractivity contribution in [3.63, 3.8) is 0 Å². The molecule has 4 nitrogen and oxygen atoms in total. The number of rotatable bonds is 2.